The van der Waals surface area contributed by atoms with Crippen molar-refractivity contribution in [3.05, 3.63) is 54.6 Å². The molecule has 0 N–H and O–H groups in total. The number of azo groups is 1. The minimum absolute atomic E-state index is 0.155. The maximum absolute atomic E-state index is 12.7. The van der Waals surface area contributed by atoms with Crippen molar-refractivity contribution >= 4 is 28.9 Å². The molecular formula is C20H22N4O2. The largest absolute Gasteiger partial charge is 0.292 e. The quantitative estimate of drug-likeness (QED) is 0.582. The van der Waals surface area contributed by atoms with Crippen LogP contribution in [0.25, 0.3) is 0 Å². The molecule has 1 fully saturated rings. The monoisotopic (exact) mass is 350 g/mol. The van der Waals surface area contributed by atoms with E-state index >= 15 is 0 Å². The van der Waals surface area contributed by atoms with E-state index in [-0.39, 0.29) is 24.3 Å². The van der Waals surface area contributed by atoms with Crippen LogP contribution in [0.15, 0.2) is 64.8 Å². The van der Waals surface area contributed by atoms with E-state index in [1.54, 1.807) is 24.3 Å². The maximum atomic E-state index is 12.7. The Hall–Kier alpha value is -2.86. The van der Waals surface area contributed by atoms with Crippen molar-refractivity contribution in [3.63, 3.8) is 0 Å². The van der Waals surface area contributed by atoms with Crippen LogP contribution in [0, 0.1) is 0 Å². The van der Waals surface area contributed by atoms with Gasteiger partial charge in [-0.1, -0.05) is 32.0 Å². The van der Waals surface area contributed by atoms with Crippen molar-refractivity contribution in [2.45, 2.75) is 26.3 Å². The molecule has 1 atom stereocenters. The molecule has 134 valence electrons. The van der Waals surface area contributed by atoms with Gasteiger partial charge in [0.05, 0.1) is 29.5 Å². The molecule has 2 amide bonds. The SMILES string of the molecule is CCN(CC)[C@@H]1CC(=O)N(c2ccc(N=Nc3ccccc3)cc2)C1=O. The maximum Gasteiger partial charge on any atom is 0.251 e. The van der Waals surface area contributed by atoms with Gasteiger partial charge in [0.1, 0.15) is 0 Å². The number of carbonyl (C=O) groups is 2. The molecule has 2 aromatic carbocycles. The predicted molar refractivity (Wildman–Crippen MR) is 101 cm³/mol. The second-order valence-corrected chi connectivity index (χ2v) is 6.06. The molecule has 1 aliphatic heterocycles. The van der Waals surface area contributed by atoms with Crippen LogP contribution in [0.4, 0.5) is 17.1 Å². The van der Waals surface area contributed by atoms with E-state index < -0.39 is 0 Å². The lowest BCUT2D eigenvalue weighted by atomic mass is 10.2. The van der Waals surface area contributed by atoms with Gasteiger partial charge in [-0.15, -0.1) is 0 Å². The van der Waals surface area contributed by atoms with Crippen LogP contribution >= 0.6 is 0 Å². The number of likely N-dealkylation sites (N-methyl/N-ethyl adjacent to an activating group) is 1. The van der Waals surface area contributed by atoms with E-state index in [0.717, 1.165) is 18.8 Å². The Morgan fingerprint density at radius 1 is 0.923 bits per heavy atom. The summed E-state index contributed by atoms with van der Waals surface area (Å²) in [5.74, 6) is -0.317. The first-order valence-electron chi connectivity index (χ1n) is 8.81. The minimum atomic E-state index is -0.366. The number of anilines is 1. The van der Waals surface area contributed by atoms with Gasteiger partial charge in [-0.3, -0.25) is 14.5 Å². The molecule has 0 spiro atoms. The van der Waals surface area contributed by atoms with E-state index in [0.29, 0.717) is 11.4 Å². The third-order valence-corrected chi connectivity index (χ3v) is 4.52. The second kappa shape index (κ2) is 8.01. The molecule has 0 unspecified atom stereocenters. The van der Waals surface area contributed by atoms with Crippen molar-refractivity contribution in [1.29, 1.82) is 0 Å². The first-order chi connectivity index (χ1) is 12.6. The fourth-order valence-corrected chi connectivity index (χ4v) is 3.12. The zero-order valence-electron chi connectivity index (χ0n) is 15.0. The fourth-order valence-electron chi connectivity index (χ4n) is 3.12. The smallest absolute Gasteiger partial charge is 0.251 e. The summed E-state index contributed by atoms with van der Waals surface area (Å²) in [6, 6.07) is 16.1. The molecule has 1 saturated heterocycles. The number of carbonyl (C=O) groups excluding carboxylic acids is 2. The highest BCUT2D eigenvalue weighted by atomic mass is 16.2. The molecule has 26 heavy (non-hydrogen) atoms. The van der Waals surface area contributed by atoms with Gasteiger partial charge < -0.3 is 0 Å². The van der Waals surface area contributed by atoms with Crippen LogP contribution in [0.2, 0.25) is 0 Å². The lowest BCUT2D eigenvalue weighted by molar-refractivity contribution is -0.122. The van der Waals surface area contributed by atoms with Gasteiger partial charge in [-0.05, 0) is 49.5 Å². The molecule has 0 saturated carbocycles. The normalized spacial score (nSPS) is 17.7. The Bertz CT molecular complexity index is 798. The van der Waals surface area contributed by atoms with Gasteiger partial charge in [0.25, 0.3) is 5.91 Å². The summed E-state index contributed by atoms with van der Waals surface area (Å²) in [6.07, 6.45) is 0.232. The van der Waals surface area contributed by atoms with Crippen molar-refractivity contribution in [2.24, 2.45) is 10.2 Å². The van der Waals surface area contributed by atoms with Crippen molar-refractivity contribution in [2.75, 3.05) is 18.0 Å². The summed E-state index contributed by atoms with van der Waals surface area (Å²) in [5.41, 5.74) is 2.01. The first kappa shape index (κ1) is 17.9. The van der Waals surface area contributed by atoms with E-state index in [2.05, 4.69) is 10.2 Å². The average molecular weight is 350 g/mol. The average Bonchev–Trinajstić information content (AvgIpc) is 2.97. The van der Waals surface area contributed by atoms with E-state index in [1.165, 1.54) is 4.90 Å². The molecule has 0 aliphatic carbocycles. The Kier molecular flexibility index (Phi) is 5.53. The lowest BCUT2D eigenvalue weighted by Crippen LogP contribution is -2.41. The third kappa shape index (κ3) is 3.70. The molecule has 2 aromatic rings. The standard InChI is InChI=1S/C20H22N4O2/c1-3-23(4-2)18-14-19(25)24(20(18)26)17-12-10-16(11-13-17)22-21-15-8-6-5-7-9-15/h5-13,18H,3-4,14H2,1-2H3/t18-/m1/s1. The molecular weight excluding hydrogens is 328 g/mol. The number of nitrogens with zero attached hydrogens (tertiary/aromatic N) is 4. The summed E-state index contributed by atoms with van der Waals surface area (Å²) < 4.78 is 0. The van der Waals surface area contributed by atoms with E-state index in [1.807, 2.05) is 49.1 Å². The van der Waals surface area contributed by atoms with Gasteiger partial charge in [-0.2, -0.15) is 10.2 Å². The zero-order chi connectivity index (χ0) is 18.5. The summed E-state index contributed by atoms with van der Waals surface area (Å²) >= 11 is 0. The topological polar surface area (TPSA) is 65.3 Å². The fraction of sp³-hybridized carbons (Fsp3) is 0.300. The van der Waals surface area contributed by atoms with Crippen LogP contribution in [-0.4, -0.2) is 35.8 Å². The number of imide groups is 1. The van der Waals surface area contributed by atoms with Gasteiger partial charge in [0.2, 0.25) is 5.91 Å². The molecule has 1 aliphatic rings. The second-order valence-electron chi connectivity index (χ2n) is 6.06. The van der Waals surface area contributed by atoms with E-state index in [9.17, 15) is 9.59 Å². The van der Waals surface area contributed by atoms with Gasteiger partial charge in [-0.25, -0.2) is 4.90 Å². The highest BCUT2D eigenvalue weighted by molar-refractivity contribution is 6.22. The summed E-state index contributed by atoms with van der Waals surface area (Å²) in [6.45, 7) is 5.48. The summed E-state index contributed by atoms with van der Waals surface area (Å²) in [7, 11) is 0. The van der Waals surface area contributed by atoms with E-state index in [4.69, 9.17) is 0 Å². The predicted octanol–water partition coefficient (Wildman–Crippen LogP) is 4.08. The van der Waals surface area contributed by atoms with Crippen LogP contribution in [0.1, 0.15) is 20.3 Å². The number of hydrogen-bond donors (Lipinski definition) is 0. The molecule has 6 heteroatoms. The molecule has 0 radical (unpaired) electrons. The number of hydrogen-bond acceptors (Lipinski definition) is 5. The summed E-state index contributed by atoms with van der Waals surface area (Å²) in [4.78, 5) is 28.4. The van der Waals surface area contributed by atoms with Gasteiger partial charge in [0, 0.05) is 0 Å². The van der Waals surface area contributed by atoms with Crippen molar-refractivity contribution in [1.82, 2.24) is 4.90 Å². The molecule has 0 bridgehead atoms. The van der Waals surface area contributed by atoms with Crippen LogP contribution in [-0.2, 0) is 9.59 Å². The van der Waals surface area contributed by atoms with Crippen molar-refractivity contribution < 1.29 is 9.59 Å². The molecule has 1 heterocycles. The Morgan fingerprint density at radius 3 is 2.08 bits per heavy atom. The Balaban J connectivity index is 1.75. The first-order valence-corrected chi connectivity index (χ1v) is 8.81. The highest BCUT2D eigenvalue weighted by Gasteiger charge is 2.41. The van der Waals surface area contributed by atoms with Crippen molar-refractivity contribution in [3.8, 4) is 0 Å². The molecule has 3 rings (SSSR count). The highest BCUT2D eigenvalue weighted by Crippen LogP contribution is 2.28. The minimum Gasteiger partial charge on any atom is -0.292 e. The van der Waals surface area contributed by atoms with Crippen LogP contribution in [0.5, 0.6) is 0 Å². The van der Waals surface area contributed by atoms with Gasteiger partial charge in [0.15, 0.2) is 0 Å². The number of amides is 2. The molecule has 6 nitrogen and oxygen atoms in total. The number of rotatable bonds is 6. The third-order valence-electron chi connectivity index (χ3n) is 4.52. The molecule has 0 aromatic heterocycles. The Morgan fingerprint density at radius 2 is 1.50 bits per heavy atom. The zero-order valence-corrected chi connectivity index (χ0v) is 15.0. The van der Waals surface area contributed by atoms with Crippen LogP contribution in [0.3, 0.4) is 0 Å². The Labute approximate surface area is 153 Å². The van der Waals surface area contributed by atoms with Gasteiger partial charge >= 0.3 is 0 Å². The lowest BCUT2D eigenvalue weighted by Gasteiger charge is -2.24. The number of benzene rings is 2. The van der Waals surface area contributed by atoms with Crippen LogP contribution < -0.4 is 4.90 Å². The summed E-state index contributed by atoms with van der Waals surface area (Å²) in [5, 5.41) is 8.34.